The fourth-order valence-electron chi connectivity index (χ4n) is 6.86. The summed E-state index contributed by atoms with van der Waals surface area (Å²) in [5, 5.41) is 5.47. The standard InChI is InChI=1S/C22H24BrN3O3S2.C20H18BrF2N3O3S2/c1-15-4-5-17(12-16(15)2)19-14-30-22(24-19)25-8-10-26(11-9-25)31(27,28)21-13-18(23)6-7-20(21)29-3;1-29-18-5-3-14(21)11-19(18)31(27,28)26-8-6-25(7-9-26)20-24-17(12-30-20)13-2-4-15(22)16(23)10-13/h4-7,12-14H,8-11H2,1-3H3;2-5,10-12H,6-9H2,1H3. The maximum absolute atomic E-state index is 13.5. The van der Waals surface area contributed by atoms with Crippen molar-refractivity contribution in [3.63, 3.8) is 0 Å². The van der Waals surface area contributed by atoms with Crippen molar-refractivity contribution in [2.24, 2.45) is 0 Å². The van der Waals surface area contributed by atoms with Gasteiger partial charge in [-0.15, -0.1) is 22.7 Å². The largest absolute Gasteiger partial charge is 0.495 e. The van der Waals surface area contributed by atoms with Crippen molar-refractivity contribution >= 4 is 84.8 Å². The summed E-state index contributed by atoms with van der Waals surface area (Å²) in [5.74, 6) is -1.18. The number of nitrogens with zero attached hydrogens (tertiary/aromatic N) is 6. The minimum atomic E-state index is -3.72. The molecule has 4 aromatic carbocycles. The number of thiazole rings is 2. The second-order valence-electron chi connectivity index (χ2n) is 14.3. The van der Waals surface area contributed by atoms with Crippen LogP contribution in [0.3, 0.4) is 0 Å². The van der Waals surface area contributed by atoms with Gasteiger partial charge >= 0.3 is 0 Å². The Kier molecular flexibility index (Phi) is 14.4. The number of piperazine rings is 2. The average Bonchev–Trinajstić information content (AvgIpc) is 3.98. The molecule has 328 valence electrons. The molecular weight excluding hydrogens is 1010 g/mol. The second-order valence-corrected chi connectivity index (χ2v) is 21.6. The molecule has 0 N–H and O–H groups in total. The SMILES string of the molecule is COc1ccc(Br)cc1S(=O)(=O)N1CCN(c2nc(-c3ccc(C)c(C)c3)cs2)CC1.COc1ccc(Br)cc1S(=O)(=O)N1CCN(c2nc(-c3ccc(F)c(F)c3)cs2)CC1. The third-order valence-corrected chi connectivity index (χ3v) is 17.1. The van der Waals surface area contributed by atoms with Crippen molar-refractivity contribution in [2.45, 2.75) is 23.6 Å². The number of aryl methyl sites for hydroxylation is 2. The minimum absolute atomic E-state index is 0.118. The Labute approximate surface area is 385 Å². The van der Waals surface area contributed by atoms with Crippen molar-refractivity contribution in [3.05, 3.63) is 115 Å². The maximum atomic E-state index is 13.5. The molecule has 0 aliphatic carbocycles. The third-order valence-electron chi connectivity index (χ3n) is 10.5. The van der Waals surface area contributed by atoms with E-state index in [1.54, 1.807) is 47.0 Å². The Hall–Kier alpha value is -4.02. The monoisotopic (exact) mass is 1050 g/mol. The van der Waals surface area contributed by atoms with Gasteiger partial charge in [-0.25, -0.2) is 35.6 Å². The Balaban J connectivity index is 0.000000186. The van der Waals surface area contributed by atoms with Gasteiger partial charge in [-0.2, -0.15) is 8.61 Å². The van der Waals surface area contributed by atoms with E-state index in [2.05, 4.69) is 79.2 Å². The van der Waals surface area contributed by atoms with Crippen molar-refractivity contribution in [1.29, 1.82) is 0 Å². The summed E-state index contributed by atoms with van der Waals surface area (Å²) in [6.45, 7) is 7.68. The second kappa shape index (κ2) is 19.4. The molecule has 2 aliphatic heterocycles. The van der Waals surface area contributed by atoms with Gasteiger partial charge in [0, 0.05) is 83.2 Å². The molecule has 2 fully saturated rings. The summed E-state index contributed by atoms with van der Waals surface area (Å²) in [6.07, 6.45) is 0. The lowest BCUT2D eigenvalue weighted by Crippen LogP contribution is -2.48. The van der Waals surface area contributed by atoms with Crippen LogP contribution < -0.4 is 19.3 Å². The predicted molar refractivity (Wildman–Crippen MR) is 248 cm³/mol. The molecule has 20 heteroatoms. The van der Waals surface area contributed by atoms with Crippen LogP contribution in [-0.2, 0) is 20.0 Å². The third kappa shape index (κ3) is 10.0. The van der Waals surface area contributed by atoms with Crippen LogP contribution in [0.4, 0.5) is 19.0 Å². The van der Waals surface area contributed by atoms with Crippen LogP contribution in [-0.4, -0.2) is 102 Å². The number of anilines is 2. The number of rotatable bonds is 10. The number of benzene rings is 4. The van der Waals surface area contributed by atoms with Gasteiger partial charge in [0.25, 0.3) is 0 Å². The minimum Gasteiger partial charge on any atom is -0.495 e. The zero-order chi connectivity index (χ0) is 44.3. The number of aromatic nitrogens is 2. The van der Waals surface area contributed by atoms with Crippen LogP contribution in [0, 0.1) is 25.5 Å². The number of methoxy groups -OCH3 is 2. The van der Waals surface area contributed by atoms with Gasteiger partial charge in [0.15, 0.2) is 21.9 Å². The molecule has 0 saturated carbocycles. The maximum Gasteiger partial charge on any atom is 0.246 e. The Bertz CT molecular complexity index is 2610. The van der Waals surface area contributed by atoms with Crippen LogP contribution >= 0.6 is 54.5 Å². The van der Waals surface area contributed by atoms with Crippen LogP contribution in [0.25, 0.3) is 22.5 Å². The summed E-state index contributed by atoms with van der Waals surface area (Å²) in [7, 11) is -4.45. The summed E-state index contributed by atoms with van der Waals surface area (Å²) in [6, 6.07) is 19.9. The molecule has 0 spiro atoms. The van der Waals surface area contributed by atoms with E-state index in [1.807, 2.05) is 4.90 Å². The quantitative estimate of drug-likeness (QED) is 0.131. The van der Waals surface area contributed by atoms with Crippen LogP contribution in [0.1, 0.15) is 11.1 Å². The molecule has 0 amide bonds. The molecule has 0 radical (unpaired) electrons. The van der Waals surface area contributed by atoms with Gasteiger partial charge in [-0.05, 0) is 85.6 Å². The first kappa shape index (κ1) is 46.0. The summed E-state index contributed by atoms with van der Waals surface area (Å²) in [5.41, 5.74) is 5.61. The molecule has 62 heavy (non-hydrogen) atoms. The van der Waals surface area contributed by atoms with E-state index in [-0.39, 0.29) is 22.9 Å². The molecule has 0 bridgehead atoms. The zero-order valence-electron chi connectivity index (χ0n) is 34.0. The van der Waals surface area contributed by atoms with Crippen molar-refractivity contribution in [2.75, 3.05) is 76.4 Å². The Morgan fingerprint density at radius 1 is 0.565 bits per heavy atom. The molecule has 2 aromatic heterocycles. The average molecular weight is 1050 g/mol. The molecule has 0 atom stereocenters. The molecule has 12 nitrogen and oxygen atoms in total. The van der Waals surface area contributed by atoms with Crippen molar-refractivity contribution in [3.8, 4) is 34.0 Å². The van der Waals surface area contributed by atoms with Crippen LogP contribution in [0.2, 0.25) is 0 Å². The first-order valence-corrected chi connectivity index (χ1v) is 25.4. The molecule has 0 unspecified atom stereocenters. The lowest BCUT2D eigenvalue weighted by atomic mass is 10.1. The fraction of sp³-hybridized carbons (Fsp3) is 0.286. The van der Waals surface area contributed by atoms with E-state index in [0.29, 0.717) is 76.1 Å². The normalized spacial score (nSPS) is 15.3. The molecule has 2 saturated heterocycles. The van der Waals surface area contributed by atoms with E-state index < -0.39 is 31.7 Å². The molecule has 4 heterocycles. The van der Waals surface area contributed by atoms with E-state index in [4.69, 9.17) is 14.5 Å². The van der Waals surface area contributed by atoms with E-state index in [0.717, 1.165) is 28.5 Å². The van der Waals surface area contributed by atoms with Crippen molar-refractivity contribution < 1.29 is 35.1 Å². The number of hydrogen-bond acceptors (Lipinski definition) is 12. The van der Waals surface area contributed by atoms with Gasteiger partial charge in [0.2, 0.25) is 20.0 Å². The number of ether oxygens (including phenoxy) is 2. The predicted octanol–water partition coefficient (Wildman–Crippen LogP) is 9.08. The zero-order valence-corrected chi connectivity index (χ0v) is 40.5. The Morgan fingerprint density at radius 3 is 1.42 bits per heavy atom. The summed E-state index contributed by atoms with van der Waals surface area (Å²) < 4.78 is 94.2. The van der Waals surface area contributed by atoms with Gasteiger partial charge in [0.05, 0.1) is 25.6 Å². The highest BCUT2D eigenvalue weighted by Crippen LogP contribution is 2.35. The fourth-order valence-corrected chi connectivity index (χ4v) is 12.9. The van der Waals surface area contributed by atoms with E-state index >= 15 is 0 Å². The van der Waals surface area contributed by atoms with Crippen LogP contribution in [0.5, 0.6) is 11.5 Å². The van der Waals surface area contributed by atoms with Crippen LogP contribution in [0.15, 0.2) is 102 Å². The molecule has 6 aromatic rings. The highest BCUT2D eigenvalue weighted by Gasteiger charge is 2.33. The first-order chi connectivity index (χ1) is 29.6. The number of hydrogen-bond donors (Lipinski definition) is 0. The van der Waals surface area contributed by atoms with E-state index in [9.17, 15) is 25.6 Å². The highest BCUT2D eigenvalue weighted by atomic mass is 79.9. The van der Waals surface area contributed by atoms with Gasteiger partial charge in [0.1, 0.15) is 21.3 Å². The molecule has 2 aliphatic rings. The van der Waals surface area contributed by atoms with Gasteiger partial charge in [-0.3, -0.25) is 0 Å². The molecular formula is C42H42Br2F2N6O6S4. The topological polar surface area (TPSA) is 125 Å². The highest BCUT2D eigenvalue weighted by molar-refractivity contribution is 9.10. The number of halogens is 4. The van der Waals surface area contributed by atoms with Crippen molar-refractivity contribution in [1.82, 2.24) is 18.6 Å². The van der Waals surface area contributed by atoms with E-state index in [1.165, 1.54) is 57.4 Å². The Morgan fingerprint density at radius 2 is 1.00 bits per heavy atom. The molecule has 8 rings (SSSR count). The lowest BCUT2D eigenvalue weighted by molar-refractivity contribution is 0.373. The van der Waals surface area contributed by atoms with Gasteiger partial charge in [-0.1, -0.05) is 44.0 Å². The lowest BCUT2D eigenvalue weighted by Gasteiger charge is -2.34. The smallest absolute Gasteiger partial charge is 0.246 e. The first-order valence-electron chi connectivity index (χ1n) is 19.2. The number of sulfonamides is 2. The van der Waals surface area contributed by atoms with Gasteiger partial charge < -0.3 is 19.3 Å². The summed E-state index contributed by atoms with van der Waals surface area (Å²) >= 11 is 9.65. The summed E-state index contributed by atoms with van der Waals surface area (Å²) in [4.78, 5) is 13.8.